The smallest absolute Gasteiger partial charge is 0.333 e. The minimum absolute atomic E-state index is 0.00137. The van der Waals surface area contributed by atoms with Crippen LogP contribution in [0.2, 0.25) is 5.02 Å². The second kappa shape index (κ2) is 10.3. The van der Waals surface area contributed by atoms with Crippen molar-refractivity contribution < 1.29 is 24.0 Å². The molecule has 3 aromatic rings. The van der Waals surface area contributed by atoms with Crippen molar-refractivity contribution in [1.82, 2.24) is 5.32 Å². The number of anilines is 1. The first-order chi connectivity index (χ1) is 16.8. The van der Waals surface area contributed by atoms with Crippen LogP contribution in [0.1, 0.15) is 11.1 Å². The molecule has 0 aliphatic carbocycles. The minimum atomic E-state index is -0.562. The summed E-state index contributed by atoms with van der Waals surface area (Å²) in [4.78, 5) is 36.7. The molecule has 1 aliphatic heterocycles. The molecule has 1 N–H and O–H groups in total. The van der Waals surface area contributed by atoms with Gasteiger partial charge in [0.05, 0.1) is 21.3 Å². The number of non-ortho nitro benzene ring substituents is 1. The number of carbonyl (C=O) groups is 2. The molecule has 1 aliphatic rings. The molecule has 1 fully saturated rings. The van der Waals surface area contributed by atoms with E-state index in [0.717, 1.165) is 10.5 Å². The van der Waals surface area contributed by atoms with Crippen molar-refractivity contribution in [2.24, 2.45) is 0 Å². The Morgan fingerprint density at radius 3 is 2.43 bits per heavy atom. The van der Waals surface area contributed by atoms with Gasteiger partial charge in [0.15, 0.2) is 11.5 Å². The van der Waals surface area contributed by atoms with Gasteiger partial charge in [-0.1, -0.05) is 11.6 Å². The number of carbonyl (C=O) groups excluding carboxylic acids is 2. The van der Waals surface area contributed by atoms with E-state index in [-0.39, 0.29) is 18.0 Å². The zero-order valence-corrected chi connectivity index (χ0v) is 21.1. The van der Waals surface area contributed by atoms with Crippen molar-refractivity contribution in [2.75, 3.05) is 12.0 Å². The molecule has 9 nitrogen and oxygen atoms in total. The van der Waals surface area contributed by atoms with Crippen LogP contribution in [0, 0.1) is 13.7 Å². The van der Waals surface area contributed by atoms with Crippen LogP contribution >= 0.6 is 34.2 Å². The third-order valence-electron chi connectivity index (χ3n) is 5.06. The average molecular weight is 606 g/mol. The Labute approximate surface area is 218 Å². The lowest BCUT2D eigenvalue weighted by Gasteiger charge is -2.14. The predicted octanol–water partition coefficient (Wildman–Crippen LogP) is 5.54. The quantitative estimate of drug-likeness (QED) is 0.125. The number of methoxy groups -OCH3 is 1. The van der Waals surface area contributed by atoms with Gasteiger partial charge in [-0.3, -0.25) is 14.9 Å². The van der Waals surface area contributed by atoms with Gasteiger partial charge in [0, 0.05) is 17.2 Å². The number of imide groups is 1. The molecule has 1 heterocycles. The molecule has 0 bridgehead atoms. The molecule has 0 radical (unpaired) electrons. The average Bonchev–Trinajstić information content (AvgIpc) is 3.11. The summed E-state index contributed by atoms with van der Waals surface area (Å²) in [6, 6.07) is 15.4. The molecule has 0 saturated carbocycles. The molecular formula is C24H17ClIN3O6. The highest BCUT2D eigenvalue weighted by Crippen LogP contribution is 2.35. The third-order valence-corrected chi connectivity index (χ3v) is 6.11. The van der Waals surface area contributed by atoms with Gasteiger partial charge >= 0.3 is 6.03 Å². The second-order valence-electron chi connectivity index (χ2n) is 7.35. The van der Waals surface area contributed by atoms with E-state index in [9.17, 15) is 19.7 Å². The summed E-state index contributed by atoms with van der Waals surface area (Å²) in [6.45, 7) is 0.176. The maximum Gasteiger partial charge on any atom is 0.333 e. The third kappa shape index (κ3) is 5.38. The molecule has 4 rings (SSSR count). The largest absolute Gasteiger partial charge is 0.493 e. The maximum absolute atomic E-state index is 12.9. The highest BCUT2D eigenvalue weighted by molar-refractivity contribution is 14.1. The van der Waals surface area contributed by atoms with Crippen molar-refractivity contribution in [2.45, 2.75) is 6.61 Å². The second-order valence-corrected chi connectivity index (χ2v) is 8.95. The number of urea groups is 1. The van der Waals surface area contributed by atoms with Crippen molar-refractivity contribution >= 4 is 63.6 Å². The molecule has 35 heavy (non-hydrogen) atoms. The number of nitrogens with zero attached hydrogens (tertiary/aromatic N) is 2. The van der Waals surface area contributed by atoms with Gasteiger partial charge in [-0.05, 0) is 88.3 Å². The first-order valence-electron chi connectivity index (χ1n) is 10.1. The van der Waals surface area contributed by atoms with Gasteiger partial charge in [-0.2, -0.15) is 0 Å². The molecule has 0 atom stereocenters. The predicted molar refractivity (Wildman–Crippen MR) is 139 cm³/mol. The Balaban J connectivity index is 1.54. The van der Waals surface area contributed by atoms with E-state index in [1.165, 1.54) is 19.2 Å². The standard InChI is InChI=1S/C24H17ClIN3O6/c1-34-21-12-15(10-19(26)22(21)35-13-14-2-6-18(7-3-14)29(32)33)11-20-23(30)28(24(31)27-20)17-8-4-16(25)5-9-17/h2-12H,13H2,1H3,(H,27,31)/b20-11+. The number of hydrogen-bond donors (Lipinski definition) is 1. The summed E-state index contributed by atoms with van der Waals surface area (Å²) < 4.78 is 12.1. The summed E-state index contributed by atoms with van der Waals surface area (Å²) in [6.07, 6.45) is 1.56. The zero-order chi connectivity index (χ0) is 25.1. The number of benzene rings is 3. The molecule has 3 amide bonds. The van der Waals surface area contributed by atoms with Gasteiger partial charge in [-0.25, -0.2) is 9.69 Å². The Kier molecular flexibility index (Phi) is 7.22. The van der Waals surface area contributed by atoms with E-state index in [2.05, 4.69) is 27.9 Å². The van der Waals surface area contributed by atoms with Crippen molar-refractivity contribution in [3.8, 4) is 11.5 Å². The fourth-order valence-electron chi connectivity index (χ4n) is 3.36. The normalized spacial score (nSPS) is 14.3. The lowest BCUT2D eigenvalue weighted by atomic mass is 10.1. The Hall–Kier alpha value is -3.64. The van der Waals surface area contributed by atoms with Gasteiger partial charge in [0.2, 0.25) is 0 Å². The van der Waals surface area contributed by atoms with Gasteiger partial charge in [0.25, 0.3) is 11.6 Å². The summed E-state index contributed by atoms with van der Waals surface area (Å²) in [7, 11) is 1.49. The highest BCUT2D eigenvalue weighted by atomic mass is 127. The fourth-order valence-corrected chi connectivity index (χ4v) is 4.27. The summed E-state index contributed by atoms with van der Waals surface area (Å²) >= 11 is 7.98. The van der Waals surface area contributed by atoms with Crippen molar-refractivity contribution in [3.05, 3.63) is 96.2 Å². The Morgan fingerprint density at radius 2 is 1.80 bits per heavy atom. The number of nitro benzene ring substituents is 1. The Bertz CT molecular complexity index is 1340. The van der Waals surface area contributed by atoms with Crippen LogP contribution in [0.25, 0.3) is 6.08 Å². The van der Waals surface area contributed by atoms with Gasteiger partial charge < -0.3 is 14.8 Å². The van der Waals surface area contributed by atoms with Crippen LogP contribution in [0.4, 0.5) is 16.2 Å². The summed E-state index contributed by atoms with van der Waals surface area (Å²) in [5, 5.41) is 13.9. The lowest BCUT2D eigenvalue weighted by molar-refractivity contribution is -0.384. The topological polar surface area (TPSA) is 111 Å². The SMILES string of the molecule is COc1cc(/C=C2/NC(=O)N(c3ccc(Cl)cc3)C2=O)cc(I)c1OCc1ccc([N+](=O)[O-])cc1. The number of halogens is 2. The number of hydrogen-bond acceptors (Lipinski definition) is 6. The van der Waals surface area contributed by atoms with Crippen LogP contribution in [0.5, 0.6) is 11.5 Å². The maximum atomic E-state index is 12.9. The number of ether oxygens (including phenoxy) is 2. The molecule has 0 unspecified atom stereocenters. The van der Waals surface area contributed by atoms with E-state index in [0.29, 0.717) is 31.3 Å². The lowest BCUT2D eigenvalue weighted by Crippen LogP contribution is -2.30. The van der Waals surface area contributed by atoms with Crippen LogP contribution in [0.3, 0.4) is 0 Å². The molecule has 0 aromatic heterocycles. The number of amides is 3. The van der Waals surface area contributed by atoms with Crippen LogP contribution in [-0.4, -0.2) is 24.0 Å². The van der Waals surface area contributed by atoms with Crippen LogP contribution in [0.15, 0.2) is 66.4 Å². The van der Waals surface area contributed by atoms with E-state index in [4.69, 9.17) is 21.1 Å². The van der Waals surface area contributed by atoms with Gasteiger partial charge in [-0.15, -0.1) is 0 Å². The number of nitrogens with one attached hydrogen (secondary N) is 1. The van der Waals surface area contributed by atoms with Crippen LogP contribution < -0.4 is 19.7 Å². The monoisotopic (exact) mass is 605 g/mol. The molecule has 11 heteroatoms. The first kappa shape index (κ1) is 24.5. The van der Waals surface area contributed by atoms with E-state index in [1.54, 1.807) is 54.6 Å². The summed E-state index contributed by atoms with van der Waals surface area (Å²) in [5.41, 5.74) is 1.89. The fraction of sp³-hybridized carbons (Fsp3) is 0.0833. The highest BCUT2D eigenvalue weighted by Gasteiger charge is 2.34. The Morgan fingerprint density at radius 1 is 1.11 bits per heavy atom. The van der Waals surface area contributed by atoms with Crippen molar-refractivity contribution in [3.63, 3.8) is 0 Å². The zero-order valence-electron chi connectivity index (χ0n) is 18.2. The van der Waals surface area contributed by atoms with E-state index >= 15 is 0 Å². The molecule has 3 aromatic carbocycles. The molecular weight excluding hydrogens is 589 g/mol. The first-order valence-corrected chi connectivity index (χ1v) is 11.6. The number of nitro groups is 1. The van der Waals surface area contributed by atoms with E-state index < -0.39 is 16.9 Å². The van der Waals surface area contributed by atoms with Crippen molar-refractivity contribution in [1.29, 1.82) is 0 Å². The molecule has 1 saturated heterocycles. The minimum Gasteiger partial charge on any atom is -0.493 e. The number of rotatable bonds is 7. The van der Waals surface area contributed by atoms with Crippen LogP contribution in [-0.2, 0) is 11.4 Å². The summed E-state index contributed by atoms with van der Waals surface area (Å²) in [5.74, 6) is 0.417. The van der Waals surface area contributed by atoms with E-state index in [1.807, 2.05) is 0 Å². The molecule has 0 spiro atoms. The molecule has 178 valence electrons. The van der Waals surface area contributed by atoms with Gasteiger partial charge in [0.1, 0.15) is 12.3 Å².